The second-order valence-corrected chi connectivity index (χ2v) is 13.0. The van der Waals surface area contributed by atoms with E-state index in [1.54, 1.807) is 0 Å². The number of fused-ring (bicyclic) bond motifs is 1. The van der Waals surface area contributed by atoms with Gasteiger partial charge < -0.3 is 9.64 Å². The minimum absolute atomic E-state index is 0.128. The Kier molecular flexibility index (Phi) is 9.43. The molecule has 7 heteroatoms. The molecule has 0 unspecified atom stereocenters. The minimum Gasteiger partial charge on any atom is -0.492 e. The van der Waals surface area contributed by atoms with Crippen molar-refractivity contribution in [3.8, 4) is 5.75 Å². The molecule has 3 aliphatic heterocycles. The van der Waals surface area contributed by atoms with Crippen molar-refractivity contribution in [3.05, 3.63) is 94.8 Å². The summed E-state index contributed by atoms with van der Waals surface area (Å²) in [6.45, 7) is 7.82. The maximum absolute atomic E-state index is 13.5. The van der Waals surface area contributed by atoms with Crippen molar-refractivity contribution in [2.24, 2.45) is 11.3 Å². The van der Waals surface area contributed by atoms with Crippen LogP contribution in [0.15, 0.2) is 73.1 Å². The van der Waals surface area contributed by atoms with Crippen LogP contribution in [0.4, 0.5) is 0 Å². The van der Waals surface area contributed by atoms with Gasteiger partial charge in [-0.3, -0.25) is 19.6 Å². The summed E-state index contributed by atoms with van der Waals surface area (Å²) in [6.07, 6.45) is 10.6. The molecule has 1 amide bonds. The zero-order valence-electron chi connectivity index (χ0n) is 24.6. The van der Waals surface area contributed by atoms with E-state index >= 15 is 0 Å². The molecule has 1 aromatic heterocycles. The molecule has 2 fully saturated rings. The SMILES string of the molecule is O=C(C1CN(Cc2ccc(Cl)cc2)C1)N1CCC2(CCCCc3ccccc3OCCN(Cc3ccncc3)C2)CC1. The van der Waals surface area contributed by atoms with E-state index in [1.807, 2.05) is 24.5 Å². The maximum atomic E-state index is 13.5. The molecule has 4 heterocycles. The molecule has 2 aromatic carbocycles. The first-order chi connectivity index (χ1) is 20.6. The Balaban J connectivity index is 1.08. The third-order valence-corrected chi connectivity index (χ3v) is 9.77. The van der Waals surface area contributed by atoms with Crippen molar-refractivity contribution in [1.82, 2.24) is 19.7 Å². The second kappa shape index (κ2) is 13.6. The van der Waals surface area contributed by atoms with Crippen molar-refractivity contribution in [2.45, 2.75) is 51.6 Å². The van der Waals surface area contributed by atoms with Gasteiger partial charge in [-0.1, -0.05) is 48.4 Å². The van der Waals surface area contributed by atoms with Crippen LogP contribution in [-0.2, 0) is 24.3 Å². The van der Waals surface area contributed by atoms with Crippen LogP contribution in [0.25, 0.3) is 0 Å². The summed E-state index contributed by atoms with van der Waals surface area (Å²) in [5.74, 6) is 1.51. The first kappa shape index (κ1) is 29.2. The van der Waals surface area contributed by atoms with E-state index in [-0.39, 0.29) is 11.3 Å². The Bertz CT molecular complexity index is 1300. The number of aryl methyl sites for hydroxylation is 1. The fourth-order valence-corrected chi connectivity index (χ4v) is 7.16. The normalized spacial score (nSPS) is 20.5. The summed E-state index contributed by atoms with van der Waals surface area (Å²) in [7, 11) is 0. The van der Waals surface area contributed by atoms with Crippen molar-refractivity contribution in [1.29, 1.82) is 0 Å². The van der Waals surface area contributed by atoms with Gasteiger partial charge >= 0.3 is 0 Å². The summed E-state index contributed by atoms with van der Waals surface area (Å²) in [4.78, 5) is 24.8. The topological polar surface area (TPSA) is 48.9 Å². The van der Waals surface area contributed by atoms with E-state index in [1.165, 1.54) is 36.0 Å². The van der Waals surface area contributed by atoms with Gasteiger partial charge in [-0.2, -0.15) is 0 Å². The number of pyridine rings is 1. The monoisotopic (exact) mass is 586 g/mol. The minimum atomic E-state index is 0.128. The van der Waals surface area contributed by atoms with Crippen LogP contribution in [0, 0.1) is 11.3 Å². The molecule has 0 bridgehead atoms. The van der Waals surface area contributed by atoms with Gasteiger partial charge in [0.25, 0.3) is 0 Å². The van der Waals surface area contributed by atoms with Gasteiger partial charge in [0.15, 0.2) is 0 Å². The average Bonchev–Trinajstić information content (AvgIpc) is 2.98. The summed E-state index contributed by atoms with van der Waals surface area (Å²) in [5.41, 5.74) is 4.08. The van der Waals surface area contributed by atoms with Gasteiger partial charge in [0, 0.05) is 69.8 Å². The molecule has 6 nitrogen and oxygen atoms in total. The number of carbonyl (C=O) groups is 1. The number of ether oxygens (including phenoxy) is 1. The molecule has 1 spiro atoms. The summed E-state index contributed by atoms with van der Waals surface area (Å²) >= 11 is 6.04. The molecule has 6 rings (SSSR count). The number of hydrogen-bond donors (Lipinski definition) is 0. The molecule has 42 heavy (non-hydrogen) atoms. The average molecular weight is 587 g/mol. The number of piperidine rings is 1. The van der Waals surface area contributed by atoms with E-state index in [2.05, 4.69) is 68.2 Å². The number of aromatic nitrogens is 1. The number of hydrogen-bond acceptors (Lipinski definition) is 5. The highest BCUT2D eigenvalue weighted by Gasteiger charge is 2.41. The Labute approximate surface area is 255 Å². The molecule has 2 saturated heterocycles. The summed E-state index contributed by atoms with van der Waals surface area (Å²) in [5, 5.41) is 0.763. The van der Waals surface area contributed by atoms with Crippen LogP contribution in [0.3, 0.4) is 0 Å². The smallest absolute Gasteiger partial charge is 0.228 e. The fourth-order valence-electron chi connectivity index (χ4n) is 7.04. The highest BCUT2D eigenvalue weighted by molar-refractivity contribution is 6.30. The third kappa shape index (κ3) is 7.34. The number of nitrogens with zero attached hydrogens (tertiary/aromatic N) is 4. The first-order valence-corrected chi connectivity index (χ1v) is 16.0. The zero-order chi connectivity index (χ0) is 28.8. The highest BCUT2D eigenvalue weighted by Crippen LogP contribution is 2.39. The van der Waals surface area contributed by atoms with Crippen molar-refractivity contribution in [2.75, 3.05) is 45.9 Å². The Morgan fingerprint density at radius 3 is 2.36 bits per heavy atom. The molecule has 0 N–H and O–H groups in total. The Morgan fingerprint density at radius 2 is 1.57 bits per heavy atom. The maximum Gasteiger partial charge on any atom is 0.228 e. The van der Waals surface area contributed by atoms with Gasteiger partial charge in [-0.15, -0.1) is 0 Å². The molecule has 0 atom stereocenters. The molecular weight excluding hydrogens is 544 g/mol. The quantitative estimate of drug-likeness (QED) is 0.362. The number of rotatable bonds is 5. The molecule has 3 aromatic rings. The van der Waals surface area contributed by atoms with E-state index in [4.69, 9.17) is 16.3 Å². The largest absolute Gasteiger partial charge is 0.492 e. The van der Waals surface area contributed by atoms with Crippen LogP contribution in [0.2, 0.25) is 5.02 Å². The lowest BCUT2D eigenvalue weighted by Gasteiger charge is -2.47. The lowest BCUT2D eigenvalue weighted by molar-refractivity contribution is -0.144. The van der Waals surface area contributed by atoms with Crippen LogP contribution >= 0.6 is 11.6 Å². The van der Waals surface area contributed by atoms with Crippen molar-refractivity contribution >= 4 is 17.5 Å². The van der Waals surface area contributed by atoms with E-state index in [0.29, 0.717) is 12.5 Å². The summed E-state index contributed by atoms with van der Waals surface area (Å²) in [6, 6.07) is 20.8. The molecule has 222 valence electrons. The van der Waals surface area contributed by atoms with Crippen LogP contribution in [-0.4, -0.2) is 71.5 Å². The lowest BCUT2D eigenvalue weighted by atomic mass is 9.73. The molecular formula is C35H43ClN4O2. The van der Waals surface area contributed by atoms with Gasteiger partial charge in [-0.25, -0.2) is 0 Å². The Morgan fingerprint density at radius 1 is 0.857 bits per heavy atom. The van der Waals surface area contributed by atoms with Gasteiger partial charge in [-0.05, 0) is 84.5 Å². The van der Waals surface area contributed by atoms with Gasteiger partial charge in [0.2, 0.25) is 5.91 Å². The molecule has 0 saturated carbocycles. The number of amides is 1. The predicted octanol–water partition coefficient (Wildman–Crippen LogP) is 6.08. The molecule has 3 aliphatic rings. The number of carbonyl (C=O) groups excluding carboxylic acids is 1. The molecule has 0 radical (unpaired) electrons. The van der Waals surface area contributed by atoms with Crippen LogP contribution in [0.5, 0.6) is 5.75 Å². The number of para-hydroxylation sites is 1. The predicted molar refractivity (Wildman–Crippen MR) is 167 cm³/mol. The van der Waals surface area contributed by atoms with E-state index in [0.717, 1.165) is 82.4 Å². The second-order valence-electron chi connectivity index (χ2n) is 12.6. The lowest BCUT2D eigenvalue weighted by Crippen LogP contribution is -2.56. The zero-order valence-corrected chi connectivity index (χ0v) is 25.4. The Hall–Kier alpha value is -2.93. The van der Waals surface area contributed by atoms with Crippen molar-refractivity contribution < 1.29 is 9.53 Å². The fraction of sp³-hybridized carbons (Fsp3) is 0.486. The van der Waals surface area contributed by atoms with Crippen molar-refractivity contribution in [3.63, 3.8) is 0 Å². The summed E-state index contributed by atoms with van der Waals surface area (Å²) < 4.78 is 6.33. The molecule has 0 aliphatic carbocycles. The number of likely N-dealkylation sites (tertiary alicyclic amines) is 2. The van der Waals surface area contributed by atoms with Gasteiger partial charge in [0.1, 0.15) is 12.4 Å². The van der Waals surface area contributed by atoms with Crippen LogP contribution < -0.4 is 4.74 Å². The number of benzene rings is 2. The van der Waals surface area contributed by atoms with Gasteiger partial charge in [0.05, 0.1) is 5.92 Å². The van der Waals surface area contributed by atoms with Crippen LogP contribution in [0.1, 0.15) is 48.8 Å². The third-order valence-electron chi connectivity index (χ3n) is 9.52. The standard InChI is InChI=1S/C35H43ClN4O2/c36-32-10-8-28(9-11-32)24-39-25-31(26-39)34(41)40-19-15-35(16-20-40)14-4-3-6-30-5-1-2-7-33(30)42-22-21-38(27-35)23-29-12-17-37-18-13-29/h1-2,5,7-13,17-18,31H,3-4,6,14-16,19-27H2. The van der Waals surface area contributed by atoms with E-state index < -0.39 is 0 Å². The first-order valence-electron chi connectivity index (χ1n) is 15.6. The highest BCUT2D eigenvalue weighted by atomic mass is 35.5. The van der Waals surface area contributed by atoms with E-state index in [9.17, 15) is 4.79 Å². The number of halogens is 1.